The Hall–Kier alpha value is -2.28. The number of anilines is 1. The Morgan fingerprint density at radius 2 is 1.96 bits per heavy atom. The third-order valence-electron chi connectivity index (χ3n) is 4.26. The Morgan fingerprint density at radius 3 is 2.64 bits per heavy atom. The Kier molecular flexibility index (Phi) is 4.85. The van der Waals surface area contributed by atoms with Gasteiger partial charge in [-0.25, -0.2) is 8.78 Å². The highest BCUT2D eigenvalue weighted by molar-refractivity contribution is 7.14. The topological polar surface area (TPSA) is 49.4 Å². The summed E-state index contributed by atoms with van der Waals surface area (Å²) in [6.07, 6.45) is 1.94. The van der Waals surface area contributed by atoms with Crippen molar-refractivity contribution in [3.63, 3.8) is 0 Å². The van der Waals surface area contributed by atoms with Crippen molar-refractivity contribution in [3.05, 3.63) is 51.2 Å². The van der Waals surface area contributed by atoms with Crippen LogP contribution >= 0.6 is 11.3 Å². The predicted octanol–water partition coefficient (Wildman–Crippen LogP) is 3.47. The molecular weight excluding hydrogens is 346 g/mol. The highest BCUT2D eigenvalue weighted by atomic mass is 32.1. The first-order valence-electron chi connectivity index (χ1n) is 7.94. The second-order valence-electron chi connectivity index (χ2n) is 6.32. The zero-order chi connectivity index (χ0) is 18.1. The number of aryl methyl sites for hydroxylation is 1. The van der Waals surface area contributed by atoms with Crippen molar-refractivity contribution in [2.75, 3.05) is 19.4 Å². The average molecular weight is 364 g/mol. The molecule has 132 valence electrons. The summed E-state index contributed by atoms with van der Waals surface area (Å²) < 4.78 is 26.2. The van der Waals surface area contributed by atoms with Crippen LogP contribution in [-0.2, 0) is 17.6 Å². The molecule has 1 aliphatic rings. The average Bonchev–Trinajstić information content (AvgIpc) is 3.00. The first-order valence-corrected chi connectivity index (χ1v) is 8.76. The Bertz CT molecular complexity index is 832. The van der Waals surface area contributed by atoms with Crippen LogP contribution in [0.1, 0.15) is 26.5 Å². The van der Waals surface area contributed by atoms with Crippen molar-refractivity contribution >= 4 is 28.8 Å². The molecule has 25 heavy (non-hydrogen) atoms. The molecular formula is C18H18F2N2O2S. The van der Waals surface area contributed by atoms with E-state index in [0.29, 0.717) is 17.7 Å². The molecule has 2 amide bonds. The fourth-order valence-electron chi connectivity index (χ4n) is 2.89. The molecule has 0 saturated carbocycles. The number of hydrogen-bond acceptors (Lipinski definition) is 3. The molecule has 1 aliphatic carbocycles. The zero-order valence-corrected chi connectivity index (χ0v) is 14.8. The lowest BCUT2D eigenvalue weighted by Crippen LogP contribution is -2.27. The van der Waals surface area contributed by atoms with Gasteiger partial charge >= 0.3 is 0 Å². The van der Waals surface area contributed by atoms with Crippen LogP contribution in [0.5, 0.6) is 0 Å². The maximum Gasteiger partial charge on any atom is 0.263 e. The maximum absolute atomic E-state index is 13.3. The smallest absolute Gasteiger partial charge is 0.263 e. The van der Waals surface area contributed by atoms with E-state index in [4.69, 9.17) is 0 Å². The minimum absolute atomic E-state index is 0.0396. The lowest BCUT2D eigenvalue weighted by Gasteiger charge is -2.21. The van der Waals surface area contributed by atoms with Crippen LogP contribution in [0.15, 0.2) is 24.3 Å². The van der Waals surface area contributed by atoms with Gasteiger partial charge in [0.05, 0.1) is 4.88 Å². The van der Waals surface area contributed by atoms with Crippen LogP contribution in [0.25, 0.3) is 0 Å². The van der Waals surface area contributed by atoms with E-state index in [1.807, 2.05) is 6.07 Å². The number of nitrogens with one attached hydrogen (secondary N) is 1. The summed E-state index contributed by atoms with van der Waals surface area (Å²) in [6, 6.07) is 5.16. The molecule has 1 aromatic heterocycles. The van der Waals surface area contributed by atoms with Crippen LogP contribution in [-0.4, -0.2) is 30.8 Å². The summed E-state index contributed by atoms with van der Waals surface area (Å²) in [6.45, 7) is 0. The standard InChI is InChI=1S/C18H18F2N2O2S/c1-22(2)18(24)16-8-11-7-10(3-6-15(11)25-16)17(23)21-12-4-5-13(19)14(20)9-12/h4-5,8-10H,3,6-7H2,1-2H3,(H,21,23). The van der Waals surface area contributed by atoms with Gasteiger partial charge in [-0.15, -0.1) is 11.3 Å². The number of rotatable bonds is 3. The molecule has 0 saturated heterocycles. The number of amides is 2. The van der Waals surface area contributed by atoms with Crippen molar-refractivity contribution in [2.45, 2.75) is 19.3 Å². The lowest BCUT2D eigenvalue weighted by molar-refractivity contribution is -0.120. The largest absolute Gasteiger partial charge is 0.344 e. The van der Waals surface area contributed by atoms with Crippen LogP contribution in [0, 0.1) is 17.6 Å². The van der Waals surface area contributed by atoms with Crippen molar-refractivity contribution in [1.29, 1.82) is 0 Å². The van der Waals surface area contributed by atoms with Gasteiger partial charge in [-0.2, -0.15) is 0 Å². The molecule has 0 fully saturated rings. The van der Waals surface area contributed by atoms with Gasteiger partial charge in [0.15, 0.2) is 11.6 Å². The fraction of sp³-hybridized carbons (Fsp3) is 0.333. The third-order valence-corrected chi connectivity index (χ3v) is 5.48. The first kappa shape index (κ1) is 17.5. The Labute approximate surface area is 148 Å². The van der Waals surface area contributed by atoms with E-state index in [2.05, 4.69) is 5.32 Å². The second-order valence-corrected chi connectivity index (χ2v) is 7.45. The van der Waals surface area contributed by atoms with Gasteiger partial charge in [-0.1, -0.05) is 0 Å². The number of fused-ring (bicyclic) bond motifs is 1. The minimum atomic E-state index is -0.992. The molecule has 0 spiro atoms. The Balaban J connectivity index is 1.70. The number of carbonyl (C=O) groups excluding carboxylic acids is 2. The predicted molar refractivity (Wildman–Crippen MR) is 92.8 cm³/mol. The summed E-state index contributed by atoms with van der Waals surface area (Å²) in [4.78, 5) is 27.8. The third kappa shape index (κ3) is 3.71. The molecule has 2 aromatic rings. The van der Waals surface area contributed by atoms with E-state index in [1.165, 1.54) is 22.3 Å². The maximum atomic E-state index is 13.3. The minimum Gasteiger partial charge on any atom is -0.344 e. The van der Waals surface area contributed by atoms with E-state index in [0.717, 1.165) is 29.0 Å². The fourth-order valence-corrected chi connectivity index (χ4v) is 4.12. The molecule has 0 aliphatic heterocycles. The normalized spacial score (nSPS) is 16.2. The van der Waals surface area contributed by atoms with Crippen LogP contribution in [0.3, 0.4) is 0 Å². The monoisotopic (exact) mass is 364 g/mol. The van der Waals surface area contributed by atoms with Crippen molar-refractivity contribution in [2.24, 2.45) is 5.92 Å². The summed E-state index contributed by atoms with van der Waals surface area (Å²) in [5.74, 6) is -2.45. The van der Waals surface area contributed by atoms with Crippen LogP contribution in [0.2, 0.25) is 0 Å². The summed E-state index contributed by atoms with van der Waals surface area (Å²) in [7, 11) is 3.41. The summed E-state index contributed by atoms with van der Waals surface area (Å²) in [5.41, 5.74) is 1.26. The molecule has 3 rings (SSSR count). The number of thiophene rings is 1. The SMILES string of the molecule is CN(C)C(=O)c1cc2c(s1)CCC(C(=O)Nc1ccc(F)c(F)c1)C2. The Morgan fingerprint density at radius 1 is 1.20 bits per heavy atom. The van der Waals surface area contributed by atoms with E-state index >= 15 is 0 Å². The number of carbonyl (C=O) groups is 2. The quantitative estimate of drug-likeness (QED) is 0.907. The molecule has 1 N–H and O–H groups in total. The molecule has 1 atom stereocenters. The molecule has 4 nitrogen and oxygen atoms in total. The van der Waals surface area contributed by atoms with Gasteiger partial charge in [-0.05, 0) is 43.0 Å². The molecule has 1 aromatic carbocycles. The van der Waals surface area contributed by atoms with E-state index < -0.39 is 11.6 Å². The lowest BCUT2D eigenvalue weighted by atomic mass is 9.87. The molecule has 1 heterocycles. The van der Waals surface area contributed by atoms with Gasteiger partial charge in [0.25, 0.3) is 5.91 Å². The van der Waals surface area contributed by atoms with Crippen LogP contribution < -0.4 is 5.32 Å². The first-order chi connectivity index (χ1) is 11.8. The molecule has 0 bridgehead atoms. The molecule has 0 radical (unpaired) electrons. The van der Waals surface area contributed by atoms with E-state index in [9.17, 15) is 18.4 Å². The van der Waals surface area contributed by atoms with Gasteiger partial charge in [0.2, 0.25) is 5.91 Å². The van der Waals surface area contributed by atoms with Crippen LogP contribution in [0.4, 0.5) is 14.5 Å². The second kappa shape index (κ2) is 6.92. The van der Waals surface area contributed by atoms with Gasteiger partial charge in [-0.3, -0.25) is 9.59 Å². The van der Waals surface area contributed by atoms with Gasteiger partial charge in [0.1, 0.15) is 0 Å². The zero-order valence-electron chi connectivity index (χ0n) is 13.9. The number of nitrogens with zero attached hydrogens (tertiary/aromatic N) is 1. The van der Waals surface area contributed by atoms with Crippen molar-refractivity contribution in [3.8, 4) is 0 Å². The van der Waals surface area contributed by atoms with Crippen molar-refractivity contribution < 1.29 is 18.4 Å². The highest BCUT2D eigenvalue weighted by Gasteiger charge is 2.28. The van der Waals surface area contributed by atoms with Gasteiger partial charge in [0, 0.05) is 36.6 Å². The van der Waals surface area contributed by atoms with Crippen molar-refractivity contribution in [1.82, 2.24) is 4.90 Å². The molecule has 1 unspecified atom stereocenters. The number of benzene rings is 1. The summed E-state index contributed by atoms with van der Waals surface area (Å²) in [5, 5.41) is 2.64. The number of hydrogen-bond donors (Lipinski definition) is 1. The van der Waals surface area contributed by atoms with Gasteiger partial charge < -0.3 is 10.2 Å². The van der Waals surface area contributed by atoms with E-state index in [1.54, 1.807) is 14.1 Å². The highest BCUT2D eigenvalue weighted by Crippen LogP contribution is 2.33. The summed E-state index contributed by atoms with van der Waals surface area (Å²) >= 11 is 1.48. The van der Waals surface area contributed by atoms with E-state index in [-0.39, 0.29) is 23.4 Å². The molecule has 7 heteroatoms. The number of halogens is 2.